The number of benzene rings is 1. The minimum Gasteiger partial charge on any atom is -0.466 e. The van der Waals surface area contributed by atoms with Crippen molar-refractivity contribution in [3.05, 3.63) is 35.4 Å². The molecule has 1 N–H and O–H groups in total. The standard InChI is InChI=1S/C19H25NO3/c1-3-23-19(22)13-17(20-12-4-5-18(20)14-21)11-10-16-8-6-15(2)7-9-16/h6-9,17-18,21H,3-5,12-14H2,1-2H3/t17-,18+/m1/s1. The molecule has 0 aromatic heterocycles. The van der Waals surface area contributed by atoms with Gasteiger partial charge in [-0.15, -0.1) is 0 Å². The summed E-state index contributed by atoms with van der Waals surface area (Å²) in [6.45, 7) is 5.18. The lowest BCUT2D eigenvalue weighted by Gasteiger charge is -2.28. The van der Waals surface area contributed by atoms with Crippen molar-refractivity contribution in [2.24, 2.45) is 0 Å². The number of carbonyl (C=O) groups excluding carboxylic acids is 1. The number of aliphatic hydroxyl groups excluding tert-OH is 1. The molecule has 0 saturated carbocycles. The molecule has 1 fully saturated rings. The third-order valence-corrected chi connectivity index (χ3v) is 4.13. The van der Waals surface area contributed by atoms with Gasteiger partial charge in [0.2, 0.25) is 0 Å². The van der Waals surface area contributed by atoms with E-state index >= 15 is 0 Å². The molecule has 1 aliphatic rings. The first-order chi connectivity index (χ1) is 11.1. The third-order valence-electron chi connectivity index (χ3n) is 4.13. The summed E-state index contributed by atoms with van der Waals surface area (Å²) in [4.78, 5) is 14.0. The molecule has 1 aliphatic heterocycles. The van der Waals surface area contributed by atoms with Crippen LogP contribution >= 0.6 is 0 Å². The maximum atomic E-state index is 11.9. The molecule has 0 unspecified atom stereocenters. The number of aryl methyl sites for hydroxylation is 1. The number of hydrogen-bond acceptors (Lipinski definition) is 4. The Morgan fingerprint density at radius 3 is 2.83 bits per heavy atom. The van der Waals surface area contributed by atoms with Crippen LogP contribution in [-0.4, -0.2) is 47.8 Å². The van der Waals surface area contributed by atoms with Crippen LogP contribution in [0.4, 0.5) is 0 Å². The van der Waals surface area contributed by atoms with Crippen LogP contribution in [0.25, 0.3) is 0 Å². The average molecular weight is 315 g/mol. The Morgan fingerprint density at radius 1 is 1.43 bits per heavy atom. The van der Waals surface area contributed by atoms with Gasteiger partial charge >= 0.3 is 5.97 Å². The first-order valence-electron chi connectivity index (χ1n) is 8.24. The molecular weight excluding hydrogens is 290 g/mol. The van der Waals surface area contributed by atoms with E-state index in [1.165, 1.54) is 5.56 Å². The molecule has 0 aliphatic carbocycles. The molecule has 4 heteroatoms. The normalized spacial score (nSPS) is 19.0. The van der Waals surface area contributed by atoms with Gasteiger partial charge in [0, 0.05) is 11.6 Å². The van der Waals surface area contributed by atoms with E-state index in [1.54, 1.807) is 6.92 Å². The largest absolute Gasteiger partial charge is 0.466 e. The molecule has 0 amide bonds. The molecule has 0 spiro atoms. The number of nitrogens with zero attached hydrogens (tertiary/aromatic N) is 1. The van der Waals surface area contributed by atoms with Gasteiger partial charge in [-0.25, -0.2) is 0 Å². The zero-order chi connectivity index (χ0) is 16.7. The minimum atomic E-state index is -0.237. The van der Waals surface area contributed by atoms with Gasteiger partial charge in [-0.1, -0.05) is 29.5 Å². The second kappa shape index (κ2) is 8.71. The van der Waals surface area contributed by atoms with E-state index in [-0.39, 0.29) is 31.1 Å². The molecule has 0 bridgehead atoms. The zero-order valence-electron chi connectivity index (χ0n) is 13.9. The summed E-state index contributed by atoms with van der Waals surface area (Å²) in [6, 6.07) is 7.89. The Bertz CT molecular complexity index is 571. The number of hydrogen-bond donors (Lipinski definition) is 1. The van der Waals surface area contributed by atoms with Gasteiger partial charge in [-0.2, -0.15) is 0 Å². The Morgan fingerprint density at radius 2 is 2.17 bits per heavy atom. The highest BCUT2D eigenvalue weighted by atomic mass is 16.5. The van der Waals surface area contributed by atoms with Gasteiger partial charge in [0.05, 0.1) is 25.7 Å². The molecular formula is C19H25NO3. The van der Waals surface area contributed by atoms with E-state index < -0.39 is 0 Å². The topological polar surface area (TPSA) is 49.8 Å². The predicted octanol–water partition coefficient (Wildman–Crippen LogP) is 2.13. The van der Waals surface area contributed by atoms with E-state index in [1.807, 2.05) is 31.2 Å². The first-order valence-corrected chi connectivity index (χ1v) is 8.24. The molecule has 124 valence electrons. The van der Waals surface area contributed by atoms with Crippen molar-refractivity contribution in [3.63, 3.8) is 0 Å². The summed E-state index contributed by atoms with van der Waals surface area (Å²) < 4.78 is 5.07. The predicted molar refractivity (Wildman–Crippen MR) is 89.9 cm³/mol. The molecule has 2 atom stereocenters. The molecule has 23 heavy (non-hydrogen) atoms. The van der Waals surface area contributed by atoms with Crippen molar-refractivity contribution < 1.29 is 14.6 Å². The highest BCUT2D eigenvalue weighted by Crippen LogP contribution is 2.21. The van der Waals surface area contributed by atoms with Gasteiger partial charge in [0.25, 0.3) is 0 Å². The van der Waals surface area contributed by atoms with E-state index in [4.69, 9.17) is 4.74 Å². The van der Waals surface area contributed by atoms with E-state index in [0.29, 0.717) is 6.61 Å². The molecule has 1 aromatic carbocycles. The molecule has 1 saturated heterocycles. The minimum absolute atomic E-state index is 0.0849. The number of carbonyl (C=O) groups is 1. The number of rotatable bonds is 5. The fraction of sp³-hybridized carbons (Fsp3) is 0.526. The van der Waals surface area contributed by atoms with Crippen LogP contribution in [0.3, 0.4) is 0 Å². The average Bonchev–Trinajstić information content (AvgIpc) is 3.01. The van der Waals surface area contributed by atoms with Crippen molar-refractivity contribution in [1.29, 1.82) is 0 Å². The van der Waals surface area contributed by atoms with Crippen LogP contribution < -0.4 is 0 Å². The smallest absolute Gasteiger partial charge is 0.308 e. The maximum Gasteiger partial charge on any atom is 0.308 e. The van der Waals surface area contributed by atoms with Crippen LogP contribution in [0.5, 0.6) is 0 Å². The summed E-state index contributed by atoms with van der Waals surface area (Å²) in [7, 11) is 0. The number of esters is 1. The second-order valence-electron chi connectivity index (χ2n) is 5.88. The molecule has 4 nitrogen and oxygen atoms in total. The third kappa shape index (κ3) is 5.09. The Hall–Kier alpha value is -1.83. The lowest BCUT2D eigenvalue weighted by atomic mass is 10.1. The fourth-order valence-electron chi connectivity index (χ4n) is 2.90. The number of likely N-dealkylation sites (tertiary alicyclic amines) is 1. The molecule has 0 radical (unpaired) electrons. The van der Waals surface area contributed by atoms with Crippen LogP contribution in [0.15, 0.2) is 24.3 Å². The van der Waals surface area contributed by atoms with E-state index in [2.05, 4.69) is 16.7 Å². The molecule has 2 rings (SSSR count). The highest BCUT2D eigenvalue weighted by Gasteiger charge is 2.30. The van der Waals surface area contributed by atoms with Crippen LogP contribution in [0.2, 0.25) is 0 Å². The van der Waals surface area contributed by atoms with Crippen molar-refractivity contribution in [2.75, 3.05) is 19.8 Å². The van der Waals surface area contributed by atoms with Gasteiger partial charge in [-0.3, -0.25) is 9.69 Å². The number of aliphatic hydroxyl groups is 1. The summed E-state index contributed by atoms with van der Waals surface area (Å²) in [5.41, 5.74) is 2.13. The monoisotopic (exact) mass is 315 g/mol. The molecule has 1 aromatic rings. The summed E-state index contributed by atoms with van der Waals surface area (Å²) in [5.74, 6) is 6.14. The fourth-order valence-corrected chi connectivity index (χ4v) is 2.90. The van der Waals surface area contributed by atoms with Crippen molar-refractivity contribution in [3.8, 4) is 11.8 Å². The Balaban J connectivity index is 2.16. The maximum absolute atomic E-state index is 11.9. The lowest BCUT2D eigenvalue weighted by Crippen LogP contribution is -2.41. The summed E-state index contributed by atoms with van der Waals surface area (Å²) >= 11 is 0. The quantitative estimate of drug-likeness (QED) is 0.668. The van der Waals surface area contributed by atoms with Crippen LogP contribution in [0, 0.1) is 18.8 Å². The Labute approximate surface area is 138 Å². The van der Waals surface area contributed by atoms with Gasteiger partial charge in [0.15, 0.2) is 0 Å². The van der Waals surface area contributed by atoms with Gasteiger partial charge < -0.3 is 9.84 Å². The SMILES string of the molecule is CCOC(=O)C[C@@H](C#Cc1ccc(C)cc1)N1CCC[C@H]1CO. The van der Waals surface area contributed by atoms with Gasteiger partial charge in [-0.05, 0) is 45.4 Å². The van der Waals surface area contributed by atoms with Crippen molar-refractivity contribution in [1.82, 2.24) is 4.90 Å². The first kappa shape index (κ1) is 17.5. The highest BCUT2D eigenvalue weighted by molar-refractivity contribution is 5.70. The lowest BCUT2D eigenvalue weighted by molar-refractivity contribution is -0.144. The van der Waals surface area contributed by atoms with Crippen molar-refractivity contribution >= 4 is 5.97 Å². The second-order valence-corrected chi connectivity index (χ2v) is 5.88. The summed E-state index contributed by atoms with van der Waals surface area (Å²) in [5, 5.41) is 9.53. The molecule has 1 heterocycles. The van der Waals surface area contributed by atoms with Crippen molar-refractivity contribution in [2.45, 2.75) is 45.2 Å². The Kier molecular flexibility index (Phi) is 6.64. The van der Waals surface area contributed by atoms with Crippen LogP contribution in [-0.2, 0) is 9.53 Å². The zero-order valence-corrected chi connectivity index (χ0v) is 13.9. The summed E-state index contributed by atoms with van der Waals surface area (Å²) in [6.07, 6.45) is 2.21. The van der Waals surface area contributed by atoms with Gasteiger partial charge in [0.1, 0.15) is 0 Å². The van der Waals surface area contributed by atoms with E-state index in [9.17, 15) is 9.90 Å². The van der Waals surface area contributed by atoms with E-state index in [0.717, 1.165) is 24.9 Å². The number of ether oxygens (including phenoxy) is 1. The van der Waals surface area contributed by atoms with Crippen LogP contribution in [0.1, 0.15) is 37.3 Å².